The zero-order valence-electron chi connectivity index (χ0n) is 10.3. The summed E-state index contributed by atoms with van der Waals surface area (Å²) in [5, 5.41) is 16.7. The van der Waals surface area contributed by atoms with Crippen LogP contribution in [0.5, 0.6) is 17.2 Å². The Morgan fingerprint density at radius 1 is 1.26 bits per heavy atom. The minimum Gasteiger partial charge on any atom is -0.507 e. The molecule has 0 unspecified atom stereocenters. The Balaban J connectivity index is 1.64. The standard InChI is InChI=1S/C12H13N3O4/c1-7-14-12(19-15-7)5-13-4-8-2-10-11(3-9(8)16)18-6-17-10/h2-3,13,16H,4-6H2,1H3. The molecule has 7 heteroatoms. The Hall–Kier alpha value is -2.28. The summed E-state index contributed by atoms with van der Waals surface area (Å²) in [6.07, 6.45) is 0. The maximum Gasteiger partial charge on any atom is 0.240 e. The van der Waals surface area contributed by atoms with E-state index in [4.69, 9.17) is 14.0 Å². The lowest BCUT2D eigenvalue weighted by Gasteiger charge is -2.06. The van der Waals surface area contributed by atoms with Crippen LogP contribution < -0.4 is 14.8 Å². The van der Waals surface area contributed by atoms with Gasteiger partial charge in [-0.15, -0.1) is 0 Å². The minimum atomic E-state index is 0.165. The fourth-order valence-electron chi connectivity index (χ4n) is 1.83. The van der Waals surface area contributed by atoms with Gasteiger partial charge >= 0.3 is 0 Å². The second kappa shape index (κ2) is 4.77. The second-order valence-electron chi connectivity index (χ2n) is 4.17. The number of aromatic hydroxyl groups is 1. The van der Waals surface area contributed by atoms with Crippen molar-refractivity contribution >= 4 is 0 Å². The summed E-state index contributed by atoms with van der Waals surface area (Å²) >= 11 is 0. The quantitative estimate of drug-likeness (QED) is 0.853. The highest BCUT2D eigenvalue weighted by Crippen LogP contribution is 2.37. The van der Waals surface area contributed by atoms with Crippen LogP contribution in [0.3, 0.4) is 0 Å². The van der Waals surface area contributed by atoms with Gasteiger partial charge in [0, 0.05) is 18.2 Å². The summed E-state index contributed by atoms with van der Waals surface area (Å²) in [5.41, 5.74) is 0.723. The average molecular weight is 263 g/mol. The molecule has 2 heterocycles. The summed E-state index contributed by atoms with van der Waals surface area (Å²) in [6, 6.07) is 3.31. The lowest BCUT2D eigenvalue weighted by atomic mass is 10.1. The van der Waals surface area contributed by atoms with Crippen molar-refractivity contribution < 1.29 is 19.1 Å². The average Bonchev–Trinajstić information content (AvgIpc) is 2.98. The summed E-state index contributed by atoms with van der Waals surface area (Å²) in [4.78, 5) is 4.07. The molecule has 1 aliphatic rings. The molecule has 0 saturated heterocycles. The first-order valence-corrected chi connectivity index (χ1v) is 5.84. The highest BCUT2D eigenvalue weighted by molar-refractivity contribution is 5.51. The number of nitrogens with zero attached hydrogens (tertiary/aromatic N) is 2. The van der Waals surface area contributed by atoms with Gasteiger partial charge in [0.05, 0.1) is 6.54 Å². The van der Waals surface area contributed by atoms with Crippen molar-refractivity contribution in [1.82, 2.24) is 15.5 Å². The largest absolute Gasteiger partial charge is 0.507 e. The Labute approximate surface area is 109 Å². The summed E-state index contributed by atoms with van der Waals surface area (Å²) < 4.78 is 15.4. The summed E-state index contributed by atoms with van der Waals surface area (Å²) in [6.45, 7) is 2.85. The van der Waals surface area contributed by atoms with Crippen LogP contribution in [-0.4, -0.2) is 22.0 Å². The molecule has 2 aromatic rings. The van der Waals surface area contributed by atoms with Crippen molar-refractivity contribution in [3.05, 3.63) is 29.4 Å². The molecular formula is C12H13N3O4. The first kappa shape index (κ1) is 11.8. The van der Waals surface area contributed by atoms with Crippen LogP contribution in [0.15, 0.2) is 16.7 Å². The van der Waals surface area contributed by atoms with Crippen LogP contribution in [0.4, 0.5) is 0 Å². The number of rotatable bonds is 4. The number of hydrogen-bond acceptors (Lipinski definition) is 7. The van der Waals surface area contributed by atoms with E-state index in [0.717, 1.165) is 5.56 Å². The fraction of sp³-hybridized carbons (Fsp3) is 0.333. The van der Waals surface area contributed by atoms with Crippen LogP contribution in [0.2, 0.25) is 0 Å². The molecule has 0 spiro atoms. The molecule has 0 fully saturated rings. The highest BCUT2D eigenvalue weighted by Gasteiger charge is 2.16. The van der Waals surface area contributed by atoms with Crippen molar-refractivity contribution in [1.29, 1.82) is 0 Å². The number of aromatic nitrogens is 2. The van der Waals surface area contributed by atoms with Crippen LogP contribution in [0.1, 0.15) is 17.3 Å². The Morgan fingerprint density at radius 3 is 2.79 bits per heavy atom. The molecule has 0 aliphatic carbocycles. The molecule has 1 aliphatic heterocycles. The Kier molecular flexibility index (Phi) is 2.96. The number of benzene rings is 1. The molecule has 0 atom stereocenters. The number of nitrogens with one attached hydrogen (secondary N) is 1. The van der Waals surface area contributed by atoms with Crippen LogP contribution in [0, 0.1) is 6.92 Å². The number of aryl methyl sites for hydroxylation is 1. The van der Waals surface area contributed by atoms with Crippen molar-refractivity contribution in [3.8, 4) is 17.2 Å². The number of ether oxygens (including phenoxy) is 2. The molecular weight excluding hydrogens is 250 g/mol. The number of phenols is 1. The first-order chi connectivity index (χ1) is 9.22. The van der Waals surface area contributed by atoms with Crippen molar-refractivity contribution in [2.45, 2.75) is 20.0 Å². The summed E-state index contributed by atoms with van der Waals surface area (Å²) in [5.74, 6) is 2.48. The topological polar surface area (TPSA) is 89.6 Å². The van der Waals surface area contributed by atoms with Gasteiger partial charge in [0.1, 0.15) is 5.75 Å². The zero-order chi connectivity index (χ0) is 13.2. The molecule has 100 valence electrons. The number of phenolic OH excluding ortho intramolecular Hbond substituents is 1. The van der Waals surface area contributed by atoms with Gasteiger partial charge < -0.3 is 24.4 Å². The highest BCUT2D eigenvalue weighted by atomic mass is 16.7. The van der Waals surface area contributed by atoms with E-state index in [1.165, 1.54) is 0 Å². The predicted octanol–water partition coefficient (Wildman–Crippen LogP) is 1.10. The van der Waals surface area contributed by atoms with Crippen molar-refractivity contribution in [3.63, 3.8) is 0 Å². The number of fused-ring (bicyclic) bond motifs is 1. The van der Waals surface area contributed by atoms with E-state index >= 15 is 0 Å². The maximum atomic E-state index is 9.85. The predicted molar refractivity (Wildman–Crippen MR) is 63.8 cm³/mol. The zero-order valence-corrected chi connectivity index (χ0v) is 10.3. The first-order valence-electron chi connectivity index (χ1n) is 5.84. The van der Waals surface area contributed by atoms with E-state index in [2.05, 4.69) is 15.5 Å². The second-order valence-corrected chi connectivity index (χ2v) is 4.17. The maximum absolute atomic E-state index is 9.85. The molecule has 0 bridgehead atoms. The van der Waals surface area contributed by atoms with Gasteiger partial charge in [0.2, 0.25) is 12.7 Å². The monoisotopic (exact) mass is 263 g/mol. The molecule has 7 nitrogen and oxygen atoms in total. The third-order valence-electron chi connectivity index (χ3n) is 2.74. The molecule has 1 aromatic carbocycles. The third kappa shape index (κ3) is 2.45. The molecule has 0 radical (unpaired) electrons. The Bertz CT molecular complexity index is 597. The molecule has 2 N–H and O–H groups in total. The Morgan fingerprint density at radius 2 is 2.05 bits per heavy atom. The number of hydrogen-bond donors (Lipinski definition) is 2. The van der Waals surface area contributed by atoms with E-state index < -0.39 is 0 Å². The normalized spacial score (nSPS) is 12.9. The van der Waals surface area contributed by atoms with E-state index in [1.807, 2.05) is 0 Å². The van der Waals surface area contributed by atoms with E-state index in [1.54, 1.807) is 19.1 Å². The molecule has 0 amide bonds. The smallest absolute Gasteiger partial charge is 0.240 e. The van der Waals surface area contributed by atoms with Gasteiger partial charge in [-0.2, -0.15) is 4.98 Å². The third-order valence-corrected chi connectivity index (χ3v) is 2.74. The van der Waals surface area contributed by atoms with Gasteiger partial charge in [-0.3, -0.25) is 0 Å². The molecule has 3 rings (SSSR count). The fourth-order valence-corrected chi connectivity index (χ4v) is 1.83. The van der Waals surface area contributed by atoms with Gasteiger partial charge in [0.15, 0.2) is 17.3 Å². The van der Waals surface area contributed by atoms with Gasteiger partial charge in [-0.25, -0.2) is 0 Å². The van der Waals surface area contributed by atoms with Crippen molar-refractivity contribution in [2.24, 2.45) is 0 Å². The van der Waals surface area contributed by atoms with Gasteiger partial charge in [0.25, 0.3) is 0 Å². The molecule has 19 heavy (non-hydrogen) atoms. The van der Waals surface area contributed by atoms with E-state index in [9.17, 15) is 5.11 Å². The van der Waals surface area contributed by atoms with Crippen molar-refractivity contribution in [2.75, 3.05) is 6.79 Å². The lowest BCUT2D eigenvalue weighted by Crippen LogP contribution is -2.13. The minimum absolute atomic E-state index is 0.165. The lowest BCUT2D eigenvalue weighted by molar-refractivity contribution is 0.174. The van der Waals surface area contributed by atoms with Gasteiger partial charge in [-0.1, -0.05) is 5.16 Å². The van der Waals surface area contributed by atoms with Crippen LogP contribution >= 0.6 is 0 Å². The summed E-state index contributed by atoms with van der Waals surface area (Å²) in [7, 11) is 0. The van der Waals surface area contributed by atoms with E-state index in [0.29, 0.717) is 36.3 Å². The SMILES string of the molecule is Cc1noc(CNCc2cc3c(cc2O)OCO3)n1. The molecule has 1 aromatic heterocycles. The van der Waals surface area contributed by atoms with Crippen LogP contribution in [0.25, 0.3) is 0 Å². The van der Waals surface area contributed by atoms with E-state index in [-0.39, 0.29) is 12.5 Å². The molecule has 0 saturated carbocycles. The van der Waals surface area contributed by atoms with Crippen LogP contribution in [-0.2, 0) is 13.1 Å². The van der Waals surface area contributed by atoms with Gasteiger partial charge in [-0.05, 0) is 13.0 Å².